The number of hydrogen-bond donors (Lipinski definition) is 2. The molecule has 0 aliphatic carbocycles. The minimum atomic E-state index is -1.25. The first kappa shape index (κ1) is 15.8. The molecular formula is C15H19BO5. The SMILES string of the molecule is CC(C)(O)C(C)(C)OB(O)c1ccc2occc(=O)c2c1. The second-order valence-corrected chi connectivity index (χ2v) is 6.08. The van der Waals surface area contributed by atoms with Gasteiger partial charge in [-0.3, -0.25) is 4.79 Å². The van der Waals surface area contributed by atoms with Crippen molar-refractivity contribution in [2.75, 3.05) is 0 Å². The van der Waals surface area contributed by atoms with E-state index in [2.05, 4.69) is 0 Å². The Kier molecular flexibility index (Phi) is 3.97. The van der Waals surface area contributed by atoms with Crippen molar-refractivity contribution in [1.82, 2.24) is 0 Å². The van der Waals surface area contributed by atoms with Crippen molar-refractivity contribution < 1.29 is 19.2 Å². The number of rotatable bonds is 4. The van der Waals surface area contributed by atoms with E-state index in [4.69, 9.17) is 9.07 Å². The molecule has 112 valence electrons. The third-order valence-electron chi connectivity index (χ3n) is 3.85. The zero-order valence-electron chi connectivity index (χ0n) is 12.6. The summed E-state index contributed by atoms with van der Waals surface area (Å²) in [5.74, 6) is 0. The summed E-state index contributed by atoms with van der Waals surface area (Å²) in [6.45, 7) is 6.58. The highest BCUT2D eigenvalue weighted by Crippen LogP contribution is 2.25. The monoisotopic (exact) mass is 290 g/mol. The first-order valence-electron chi connectivity index (χ1n) is 6.71. The molecule has 2 rings (SSSR count). The van der Waals surface area contributed by atoms with Gasteiger partial charge in [0.05, 0.1) is 22.9 Å². The summed E-state index contributed by atoms with van der Waals surface area (Å²) in [5, 5.41) is 20.6. The maximum Gasteiger partial charge on any atom is 0.491 e. The van der Waals surface area contributed by atoms with E-state index >= 15 is 0 Å². The highest BCUT2D eigenvalue weighted by Gasteiger charge is 2.39. The molecule has 0 spiro atoms. The van der Waals surface area contributed by atoms with Gasteiger partial charge in [0.25, 0.3) is 0 Å². The van der Waals surface area contributed by atoms with Crippen LogP contribution in [0, 0.1) is 0 Å². The second-order valence-electron chi connectivity index (χ2n) is 6.08. The van der Waals surface area contributed by atoms with E-state index in [1.165, 1.54) is 18.4 Å². The van der Waals surface area contributed by atoms with Gasteiger partial charge in [-0.1, -0.05) is 6.07 Å². The Hall–Kier alpha value is -1.63. The van der Waals surface area contributed by atoms with Crippen LogP contribution in [-0.2, 0) is 4.65 Å². The molecule has 0 aliphatic heterocycles. The molecule has 0 bridgehead atoms. The summed E-state index contributed by atoms with van der Waals surface area (Å²) in [5.41, 5.74) is -1.42. The van der Waals surface area contributed by atoms with Crippen molar-refractivity contribution in [3.05, 3.63) is 40.8 Å². The summed E-state index contributed by atoms with van der Waals surface area (Å²) in [7, 11) is -1.25. The predicted molar refractivity (Wildman–Crippen MR) is 81.6 cm³/mol. The van der Waals surface area contributed by atoms with Crippen molar-refractivity contribution in [2.24, 2.45) is 0 Å². The lowest BCUT2D eigenvalue weighted by Gasteiger charge is -2.38. The summed E-state index contributed by atoms with van der Waals surface area (Å²) >= 11 is 0. The van der Waals surface area contributed by atoms with Crippen LogP contribution in [-0.4, -0.2) is 28.5 Å². The molecule has 6 heteroatoms. The van der Waals surface area contributed by atoms with Crippen LogP contribution in [0.15, 0.2) is 39.7 Å². The van der Waals surface area contributed by atoms with Gasteiger partial charge in [0, 0.05) is 6.07 Å². The van der Waals surface area contributed by atoms with Crippen LogP contribution in [0.2, 0.25) is 0 Å². The van der Waals surface area contributed by atoms with Gasteiger partial charge in [0.1, 0.15) is 5.58 Å². The average Bonchev–Trinajstić information content (AvgIpc) is 2.37. The minimum absolute atomic E-state index is 0.188. The first-order chi connectivity index (χ1) is 9.62. The second kappa shape index (κ2) is 5.29. The molecule has 1 heterocycles. The molecule has 0 saturated carbocycles. The third kappa shape index (κ3) is 3.18. The van der Waals surface area contributed by atoms with Crippen LogP contribution < -0.4 is 10.9 Å². The van der Waals surface area contributed by atoms with E-state index in [0.29, 0.717) is 16.4 Å². The quantitative estimate of drug-likeness (QED) is 0.823. The normalized spacial score (nSPS) is 12.7. The zero-order valence-corrected chi connectivity index (χ0v) is 12.6. The lowest BCUT2D eigenvalue weighted by atomic mass is 9.76. The summed E-state index contributed by atoms with van der Waals surface area (Å²) in [6, 6.07) is 6.08. The summed E-state index contributed by atoms with van der Waals surface area (Å²) in [6.07, 6.45) is 1.33. The number of fused-ring (bicyclic) bond motifs is 1. The smallest absolute Gasteiger partial charge is 0.464 e. The van der Waals surface area contributed by atoms with Crippen molar-refractivity contribution in [2.45, 2.75) is 38.9 Å². The molecule has 0 aliphatic rings. The number of aliphatic hydroxyl groups is 1. The van der Waals surface area contributed by atoms with Crippen molar-refractivity contribution in [3.8, 4) is 0 Å². The Labute approximate surface area is 123 Å². The topological polar surface area (TPSA) is 79.9 Å². The van der Waals surface area contributed by atoms with Gasteiger partial charge in [0.2, 0.25) is 0 Å². The van der Waals surface area contributed by atoms with Gasteiger partial charge in [-0.25, -0.2) is 0 Å². The Morgan fingerprint density at radius 2 is 1.86 bits per heavy atom. The molecular weight excluding hydrogens is 271 g/mol. The molecule has 0 saturated heterocycles. The van der Waals surface area contributed by atoms with Crippen LogP contribution in [0.25, 0.3) is 11.0 Å². The Morgan fingerprint density at radius 1 is 1.19 bits per heavy atom. The zero-order chi connectivity index (χ0) is 15.8. The molecule has 0 unspecified atom stereocenters. The molecule has 0 atom stereocenters. The highest BCUT2D eigenvalue weighted by atomic mass is 16.5. The van der Waals surface area contributed by atoms with E-state index in [9.17, 15) is 14.9 Å². The van der Waals surface area contributed by atoms with Crippen molar-refractivity contribution in [3.63, 3.8) is 0 Å². The Morgan fingerprint density at radius 3 is 2.48 bits per heavy atom. The number of benzene rings is 1. The fourth-order valence-electron chi connectivity index (χ4n) is 1.75. The van der Waals surface area contributed by atoms with Crippen LogP contribution in [0.1, 0.15) is 27.7 Å². The molecule has 1 aromatic heterocycles. The Bertz CT molecular complexity index is 699. The molecule has 0 radical (unpaired) electrons. The Balaban J connectivity index is 2.34. The molecule has 2 aromatic rings. The van der Waals surface area contributed by atoms with Gasteiger partial charge in [-0.05, 0) is 45.3 Å². The first-order valence-corrected chi connectivity index (χ1v) is 6.71. The van der Waals surface area contributed by atoms with Gasteiger partial charge in [0.15, 0.2) is 5.43 Å². The van der Waals surface area contributed by atoms with Gasteiger partial charge < -0.3 is 19.2 Å². The van der Waals surface area contributed by atoms with Gasteiger partial charge >= 0.3 is 7.12 Å². The van der Waals surface area contributed by atoms with Crippen LogP contribution >= 0.6 is 0 Å². The molecule has 1 aromatic carbocycles. The molecule has 21 heavy (non-hydrogen) atoms. The third-order valence-corrected chi connectivity index (χ3v) is 3.85. The highest BCUT2D eigenvalue weighted by molar-refractivity contribution is 6.60. The lowest BCUT2D eigenvalue weighted by Crippen LogP contribution is -2.53. The van der Waals surface area contributed by atoms with E-state index < -0.39 is 18.3 Å². The lowest BCUT2D eigenvalue weighted by molar-refractivity contribution is -0.0982. The fraction of sp³-hybridized carbons (Fsp3) is 0.400. The molecule has 2 N–H and O–H groups in total. The van der Waals surface area contributed by atoms with Crippen LogP contribution in [0.4, 0.5) is 0 Å². The minimum Gasteiger partial charge on any atom is -0.464 e. The van der Waals surface area contributed by atoms with E-state index in [0.717, 1.165) is 0 Å². The van der Waals surface area contributed by atoms with E-state index in [-0.39, 0.29) is 5.43 Å². The molecule has 0 amide bonds. The van der Waals surface area contributed by atoms with E-state index in [1.807, 2.05) is 0 Å². The predicted octanol–water partition coefficient (Wildman–Crippen LogP) is 1.05. The summed E-state index contributed by atoms with van der Waals surface area (Å²) < 4.78 is 10.8. The summed E-state index contributed by atoms with van der Waals surface area (Å²) in [4.78, 5) is 11.8. The maximum absolute atomic E-state index is 11.8. The molecule has 0 fully saturated rings. The standard InChI is InChI=1S/C15H19BO5/c1-14(2,18)15(3,4)21-16(19)10-5-6-13-11(9-10)12(17)7-8-20-13/h5-9,18-19H,1-4H3. The van der Waals surface area contributed by atoms with Crippen molar-refractivity contribution >= 4 is 23.6 Å². The largest absolute Gasteiger partial charge is 0.491 e. The maximum atomic E-state index is 11.8. The van der Waals surface area contributed by atoms with Gasteiger partial charge in [-0.15, -0.1) is 0 Å². The number of hydrogen-bond acceptors (Lipinski definition) is 5. The van der Waals surface area contributed by atoms with Gasteiger partial charge in [-0.2, -0.15) is 0 Å². The van der Waals surface area contributed by atoms with Crippen LogP contribution in [0.3, 0.4) is 0 Å². The van der Waals surface area contributed by atoms with E-state index in [1.54, 1.807) is 39.8 Å². The van der Waals surface area contributed by atoms with Crippen LogP contribution in [0.5, 0.6) is 0 Å². The molecule has 5 nitrogen and oxygen atoms in total. The fourth-order valence-corrected chi connectivity index (χ4v) is 1.75. The average molecular weight is 290 g/mol. The van der Waals surface area contributed by atoms with Crippen molar-refractivity contribution in [1.29, 1.82) is 0 Å².